The van der Waals surface area contributed by atoms with Crippen LogP contribution in [0.2, 0.25) is 0 Å². The van der Waals surface area contributed by atoms with E-state index in [1.54, 1.807) is 18.3 Å². The number of nitrogens with one attached hydrogen (secondary N) is 2. The highest BCUT2D eigenvalue weighted by Crippen LogP contribution is 2.38. The van der Waals surface area contributed by atoms with Gasteiger partial charge in [-0.1, -0.05) is 54.6 Å². The molecule has 5 aromatic rings. The minimum absolute atomic E-state index is 0.00361. The van der Waals surface area contributed by atoms with Gasteiger partial charge in [0.25, 0.3) is 0 Å². The van der Waals surface area contributed by atoms with E-state index in [0.717, 1.165) is 41.3 Å². The lowest BCUT2D eigenvalue weighted by Crippen LogP contribution is -2.38. The van der Waals surface area contributed by atoms with Crippen LogP contribution in [0.25, 0.3) is 10.9 Å². The molecule has 7 nitrogen and oxygen atoms in total. The predicted molar refractivity (Wildman–Crippen MR) is 159 cm³/mol. The van der Waals surface area contributed by atoms with Gasteiger partial charge in [0.15, 0.2) is 0 Å². The molecule has 0 saturated heterocycles. The maximum absolute atomic E-state index is 13.9. The summed E-state index contributed by atoms with van der Waals surface area (Å²) in [4.78, 5) is 4.62. The van der Waals surface area contributed by atoms with E-state index in [9.17, 15) is 9.65 Å². The summed E-state index contributed by atoms with van der Waals surface area (Å²) in [7, 11) is 7.09. The van der Waals surface area contributed by atoms with E-state index < -0.39 is 5.44 Å². The van der Waals surface area contributed by atoms with Crippen LogP contribution in [0.1, 0.15) is 66.2 Å². The summed E-state index contributed by atoms with van der Waals surface area (Å²) in [5.41, 5.74) is 4.55. The quantitative estimate of drug-likeness (QED) is 0.206. The number of aryl methyl sites for hydroxylation is 1. The molecule has 6 rings (SSSR count). The van der Waals surface area contributed by atoms with Crippen molar-refractivity contribution >= 4 is 30.1 Å². The van der Waals surface area contributed by atoms with Crippen LogP contribution >= 0.6 is 0 Å². The van der Waals surface area contributed by atoms with Gasteiger partial charge in [-0.15, -0.1) is 5.10 Å². The number of pyridine rings is 1. The lowest BCUT2D eigenvalue weighted by molar-refractivity contribution is 0.610. The number of benzene rings is 3. The maximum Gasteiger partial charge on any atom is 0.123 e. The minimum Gasteiger partial charge on any atom is -0.378 e. The summed E-state index contributed by atoms with van der Waals surface area (Å²) in [6.45, 7) is 4.09. The van der Waals surface area contributed by atoms with E-state index in [2.05, 4.69) is 51.1 Å². The second-order valence-electron chi connectivity index (χ2n) is 10.6. The first-order valence-corrected chi connectivity index (χ1v) is 13.8. The van der Waals surface area contributed by atoms with Crippen molar-refractivity contribution in [2.45, 2.75) is 50.6 Å². The van der Waals surface area contributed by atoms with E-state index in [0.29, 0.717) is 34.2 Å². The molecule has 1 aliphatic carbocycles. The number of nitriles is 1. The molecule has 2 aromatic heterocycles. The van der Waals surface area contributed by atoms with E-state index in [4.69, 9.17) is 7.85 Å². The third-order valence-electron chi connectivity index (χ3n) is 7.69. The van der Waals surface area contributed by atoms with E-state index in [1.807, 2.05) is 48.1 Å². The first-order valence-electron chi connectivity index (χ1n) is 13.8. The fourth-order valence-corrected chi connectivity index (χ4v) is 5.27. The first kappa shape index (κ1) is 26.5. The van der Waals surface area contributed by atoms with Crippen molar-refractivity contribution in [3.63, 3.8) is 0 Å². The number of anilines is 2. The Hall–Kier alpha value is -4.71. The molecule has 3 aromatic carbocycles. The van der Waals surface area contributed by atoms with E-state index >= 15 is 0 Å². The number of aromatic nitrogens is 4. The molecule has 202 valence electrons. The fourth-order valence-electron chi connectivity index (χ4n) is 5.27. The van der Waals surface area contributed by atoms with Crippen LogP contribution in [-0.2, 0) is 5.44 Å². The number of nitrogens with zero attached hydrogens (tertiary/aromatic N) is 5. The zero-order valence-electron chi connectivity index (χ0n) is 23.0. The molecule has 9 heteroatoms. The number of hydrogen-bond donors (Lipinski definition) is 2. The Balaban J connectivity index is 1.46. The molecule has 2 heterocycles. The summed E-state index contributed by atoms with van der Waals surface area (Å²) >= 11 is 0. The molecule has 2 radical (unpaired) electrons. The highest BCUT2D eigenvalue weighted by molar-refractivity contribution is 6.19. The summed E-state index contributed by atoms with van der Waals surface area (Å²) in [6, 6.07) is 22.8. The number of halogens is 1. The zero-order chi connectivity index (χ0) is 28.6. The molecule has 0 aliphatic heterocycles. The van der Waals surface area contributed by atoms with Crippen LogP contribution < -0.4 is 10.6 Å². The molecule has 1 fully saturated rings. The first-order chi connectivity index (χ1) is 19.9. The molecule has 0 bridgehead atoms. The predicted octanol–water partition coefficient (Wildman–Crippen LogP) is 6.53. The largest absolute Gasteiger partial charge is 0.378 e. The smallest absolute Gasteiger partial charge is 0.123 e. The van der Waals surface area contributed by atoms with Gasteiger partial charge in [-0.2, -0.15) is 5.26 Å². The van der Waals surface area contributed by atoms with E-state index in [1.165, 1.54) is 12.1 Å². The van der Waals surface area contributed by atoms with Crippen molar-refractivity contribution in [2.24, 2.45) is 0 Å². The minimum atomic E-state index is -1.30. The van der Waals surface area contributed by atoms with Crippen LogP contribution in [0.4, 0.5) is 15.8 Å². The molecule has 1 saturated carbocycles. The molecule has 1 unspecified atom stereocenters. The second kappa shape index (κ2) is 10.7. The third kappa shape index (κ3) is 5.13. The van der Waals surface area contributed by atoms with Crippen molar-refractivity contribution in [1.82, 2.24) is 20.0 Å². The number of fused-ring (bicyclic) bond motifs is 1. The molecule has 41 heavy (non-hydrogen) atoms. The van der Waals surface area contributed by atoms with Crippen molar-refractivity contribution in [1.29, 1.82) is 5.26 Å². The molecular formula is C32H29BFN7. The summed E-state index contributed by atoms with van der Waals surface area (Å²) in [6.07, 6.45) is 6.41. The van der Waals surface area contributed by atoms with Gasteiger partial charge < -0.3 is 10.6 Å². The van der Waals surface area contributed by atoms with Gasteiger partial charge in [0.1, 0.15) is 25.4 Å². The molecule has 1 aliphatic rings. The Morgan fingerprint density at radius 3 is 2.59 bits per heavy atom. The number of rotatable bonds is 9. The highest BCUT2D eigenvalue weighted by Gasteiger charge is 2.34. The van der Waals surface area contributed by atoms with Crippen molar-refractivity contribution in [3.8, 4) is 6.07 Å². The lowest BCUT2D eigenvalue weighted by Gasteiger charge is -2.32. The van der Waals surface area contributed by atoms with Crippen molar-refractivity contribution in [2.75, 3.05) is 10.6 Å². The topological polar surface area (TPSA) is 91.5 Å². The Morgan fingerprint density at radius 1 is 1.15 bits per heavy atom. The summed E-state index contributed by atoms with van der Waals surface area (Å²) < 4.78 is 15.7. The monoisotopic (exact) mass is 541 g/mol. The Labute approximate surface area is 239 Å². The van der Waals surface area contributed by atoms with Gasteiger partial charge >= 0.3 is 0 Å². The van der Waals surface area contributed by atoms with E-state index in [-0.39, 0.29) is 11.9 Å². The Kier molecular flexibility index (Phi) is 6.92. The molecule has 0 amide bonds. The van der Waals surface area contributed by atoms with Crippen LogP contribution in [-0.4, -0.2) is 27.8 Å². The van der Waals surface area contributed by atoms with Crippen molar-refractivity contribution in [3.05, 3.63) is 113 Å². The SMILES string of the molecule is [B]C(Nc1cc(C)c2ncc(C#N)c(N[C@H](CC)c3ccccc3)c2c1)(c1ccc(F)cc1)c1cn(C2CC2)nn1. The third-order valence-corrected chi connectivity index (χ3v) is 7.69. The fraction of sp³-hybridized carbons (Fsp3) is 0.250. The van der Waals surface area contributed by atoms with Crippen LogP contribution in [0.15, 0.2) is 79.1 Å². The zero-order valence-corrected chi connectivity index (χ0v) is 23.0. The highest BCUT2D eigenvalue weighted by atomic mass is 19.1. The normalized spacial score (nSPS) is 15.2. The van der Waals surface area contributed by atoms with Gasteiger partial charge in [0.2, 0.25) is 0 Å². The molecule has 2 N–H and O–H groups in total. The van der Waals surface area contributed by atoms with Crippen LogP contribution in [0, 0.1) is 24.1 Å². The molecular weight excluding hydrogens is 512 g/mol. The summed E-state index contributed by atoms with van der Waals surface area (Å²) in [5, 5.41) is 26.7. The van der Waals surface area contributed by atoms with Gasteiger partial charge in [-0.25, -0.2) is 9.07 Å². The average Bonchev–Trinajstić information content (AvgIpc) is 3.72. The summed E-state index contributed by atoms with van der Waals surface area (Å²) in [5.74, 6) is -0.353. The molecule has 2 atom stereocenters. The maximum atomic E-state index is 13.9. The second-order valence-corrected chi connectivity index (χ2v) is 10.6. The standard InChI is InChI=1S/C32H29BFN7/c1-3-28(21-7-5-4-6-8-21)37-31-22(17-35)18-36-30-20(2)15-25(16-27(30)31)38-32(33,23-9-11-24(34)12-10-23)29-19-41(40-39-29)26-13-14-26/h4-12,15-16,18-19,26,28,38H,3,13-14H2,1-2H3,(H,36,37)/t28-,32?/m1/s1. The van der Waals surface area contributed by atoms with Gasteiger partial charge in [0.05, 0.1) is 40.5 Å². The van der Waals surface area contributed by atoms with Crippen LogP contribution in [0.3, 0.4) is 0 Å². The van der Waals surface area contributed by atoms with Crippen LogP contribution in [0.5, 0.6) is 0 Å². The number of hydrogen-bond acceptors (Lipinski definition) is 6. The van der Waals surface area contributed by atoms with Crippen molar-refractivity contribution < 1.29 is 4.39 Å². The van der Waals surface area contributed by atoms with Gasteiger partial charge in [-0.05, 0) is 67.1 Å². The molecule has 0 spiro atoms. The van der Waals surface area contributed by atoms with Gasteiger partial charge in [-0.3, -0.25) is 4.98 Å². The Morgan fingerprint density at radius 2 is 1.90 bits per heavy atom. The average molecular weight is 541 g/mol. The lowest BCUT2D eigenvalue weighted by atomic mass is 9.69. The Bertz CT molecular complexity index is 1740. The van der Waals surface area contributed by atoms with Gasteiger partial charge in [0, 0.05) is 17.3 Å².